The largest absolute Gasteiger partial charge is 0.348 e. The van der Waals surface area contributed by atoms with Crippen molar-refractivity contribution in [2.24, 2.45) is 5.92 Å². The molecule has 2 rings (SSSR count). The predicted molar refractivity (Wildman–Crippen MR) is 72.0 cm³/mol. The number of nitrogens with one attached hydrogen (secondary N) is 2. The average molecular weight is 315 g/mol. The average Bonchev–Trinajstić information content (AvgIpc) is 2.31. The first-order valence-corrected chi connectivity index (χ1v) is 6.83. The second-order valence-electron chi connectivity index (χ2n) is 4.71. The Hall–Kier alpha value is -0.940. The van der Waals surface area contributed by atoms with E-state index < -0.39 is 5.82 Å². The second kappa shape index (κ2) is 5.80. The third-order valence-electron chi connectivity index (χ3n) is 3.27. The van der Waals surface area contributed by atoms with Gasteiger partial charge in [0.1, 0.15) is 5.82 Å². The van der Waals surface area contributed by atoms with E-state index >= 15 is 0 Å². The highest BCUT2D eigenvalue weighted by atomic mass is 79.9. The molecule has 1 aromatic rings. The van der Waals surface area contributed by atoms with Gasteiger partial charge >= 0.3 is 0 Å². The third-order valence-corrected chi connectivity index (χ3v) is 3.73. The summed E-state index contributed by atoms with van der Waals surface area (Å²) < 4.78 is 13.8. The van der Waals surface area contributed by atoms with Crippen molar-refractivity contribution in [2.45, 2.75) is 19.4 Å². The highest BCUT2D eigenvalue weighted by Crippen LogP contribution is 2.16. The molecule has 2 atom stereocenters. The number of benzene rings is 1. The van der Waals surface area contributed by atoms with Gasteiger partial charge in [-0.1, -0.05) is 22.9 Å². The molecule has 18 heavy (non-hydrogen) atoms. The molecule has 1 saturated heterocycles. The van der Waals surface area contributed by atoms with Crippen LogP contribution in [0.25, 0.3) is 0 Å². The number of carbonyl (C=O) groups is 1. The summed E-state index contributed by atoms with van der Waals surface area (Å²) in [5, 5.41) is 6.20. The van der Waals surface area contributed by atoms with Gasteiger partial charge in [0.25, 0.3) is 5.91 Å². The van der Waals surface area contributed by atoms with Crippen molar-refractivity contribution in [3.05, 3.63) is 34.1 Å². The van der Waals surface area contributed by atoms with Crippen LogP contribution in [0.1, 0.15) is 23.7 Å². The molecule has 1 heterocycles. The Bertz CT molecular complexity index is 432. The fourth-order valence-corrected chi connectivity index (χ4v) is 2.58. The Morgan fingerprint density at radius 3 is 2.94 bits per heavy atom. The van der Waals surface area contributed by atoms with E-state index in [-0.39, 0.29) is 11.9 Å². The number of hydrogen-bond donors (Lipinski definition) is 2. The number of hydrogen-bond acceptors (Lipinski definition) is 2. The maximum absolute atomic E-state index is 13.2. The van der Waals surface area contributed by atoms with Crippen molar-refractivity contribution < 1.29 is 9.18 Å². The lowest BCUT2D eigenvalue weighted by molar-refractivity contribution is 0.0914. The normalized spacial score (nSPS) is 23.7. The Morgan fingerprint density at radius 1 is 1.50 bits per heavy atom. The van der Waals surface area contributed by atoms with E-state index in [1.807, 2.05) is 0 Å². The maximum atomic E-state index is 13.2. The van der Waals surface area contributed by atoms with Crippen molar-refractivity contribution in [3.63, 3.8) is 0 Å². The van der Waals surface area contributed by atoms with Crippen molar-refractivity contribution >= 4 is 21.8 Å². The first-order chi connectivity index (χ1) is 8.56. The molecule has 0 aromatic heterocycles. The monoisotopic (exact) mass is 314 g/mol. The van der Waals surface area contributed by atoms with Crippen LogP contribution in [0.3, 0.4) is 0 Å². The molecule has 0 bridgehead atoms. The number of carbonyl (C=O) groups excluding carboxylic acids is 1. The number of rotatable bonds is 2. The van der Waals surface area contributed by atoms with Gasteiger partial charge < -0.3 is 10.6 Å². The zero-order chi connectivity index (χ0) is 13.1. The molecular weight excluding hydrogens is 299 g/mol. The van der Waals surface area contributed by atoms with Gasteiger partial charge in [0.15, 0.2) is 0 Å². The van der Waals surface area contributed by atoms with Crippen molar-refractivity contribution in [3.8, 4) is 0 Å². The van der Waals surface area contributed by atoms with Crippen LogP contribution < -0.4 is 10.6 Å². The summed E-state index contributed by atoms with van der Waals surface area (Å²) in [4.78, 5) is 12.0. The summed E-state index contributed by atoms with van der Waals surface area (Å²) >= 11 is 3.19. The molecule has 0 radical (unpaired) electrons. The van der Waals surface area contributed by atoms with Crippen LogP contribution in [0.15, 0.2) is 22.7 Å². The van der Waals surface area contributed by atoms with Crippen molar-refractivity contribution in [2.75, 3.05) is 13.1 Å². The molecule has 1 aromatic carbocycles. The van der Waals surface area contributed by atoms with Crippen molar-refractivity contribution in [1.29, 1.82) is 0 Å². The summed E-state index contributed by atoms with van der Waals surface area (Å²) in [7, 11) is 0. The molecule has 2 unspecified atom stereocenters. The Labute approximate surface area is 114 Å². The molecule has 3 nitrogen and oxygen atoms in total. The van der Waals surface area contributed by atoms with E-state index in [1.54, 1.807) is 6.07 Å². The van der Waals surface area contributed by atoms with E-state index in [9.17, 15) is 9.18 Å². The lowest BCUT2D eigenvalue weighted by Gasteiger charge is -2.30. The highest BCUT2D eigenvalue weighted by Gasteiger charge is 2.23. The van der Waals surface area contributed by atoms with Crippen LogP contribution in [0.5, 0.6) is 0 Å². The van der Waals surface area contributed by atoms with Gasteiger partial charge in [0, 0.05) is 22.6 Å². The molecule has 2 N–H and O–H groups in total. The Balaban J connectivity index is 2.06. The Morgan fingerprint density at radius 2 is 2.28 bits per heavy atom. The topological polar surface area (TPSA) is 41.1 Å². The molecule has 98 valence electrons. The quantitative estimate of drug-likeness (QED) is 0.879. The first kappa shape index (κ1) is 13.5. The van der Waals surface area contributed by atoms with Crippen molar-refractivity contribution in [1.82, 2.24) is 10.6 Å². The number of piperidine rings is 1. The van der Waals surface area contributed by atoms with Gasteiger partial charge in [-0.2, -0.15) is 0 Å². The van der Waals surface area contributed by atoms with Gasteiger partial charge in [-0.15, -0.1) is 0 Å². The first-order valence-electron chi connectivity index (χ1n) is 6.04. The predicted octanol–water partition coefficient (Wildman–Crippen LogP) is 2.32. The van der Waals surface area contributed by atoms with Crippen LogP contribution in [0.2, 0.25) is 0 Å². The molecule has 1 aliphatic rings. The van der Waals surface area contributed by atoms with Crippen LogP contribution in [-0.4, -0.2) is 25.0 Å². The van der Waals surface area contributed by atoms with Crippen LogP contribution >= 0.6 is 15.9 Å². The fraction of sp³-hybridized carbons (Fsp3) is 0.462. The van der Waals surface area contributed by atoms with Crippen LogP contribution in [-0.2, 0) is 0 Å². The third kappa shape index (κ3) is 3.29. The van der Waals surface area contributed by atoms with E-state index in [4.69, 9.17) is 0 Å². The van der Waals surface area contributed by atoms with E-state index in [2.05, 4.69) is 33.5 Å². The van der Waals surface area contributed by atoms with E-state index in [1.165, 1.54) is 12.1 Å². The number of halogens is 2. The molecule has 0 aliphatic carbocycles. The Kier molecular flexibility index (Phi) is 4.35. The van der Waals surface area contributed by atoms with Gasteiger partial charge in [0.05, 0.1) is 0 Å². The molecule has 0 spiro atoms. The lowest BCUT2D eigenvalue weighted by Crippen LogP contribution is -2.50. The summed E-state index contributed by atoms with van der Waals surface area (Å²) in [6.45, 7) is 3.87. The summed E-state index contributed by atoms with van der Waals surface area (Å²) in [6, 6.07) is 4.32. The van der Waals surface area contributed by atoms with Gasteiger partial charge in [0.2, 0.25) is 0 Å². The van der Waals surface area contributed by atoms with E-state index in [0.29, 0.717) is 16.0 Å². The fourth-order valence-electron chi connectivity index (χ4n) is 2.12. The zero-order valence-corrected chi connectivity index (χ0v) is 11.8. The van der Waals surface area contributed by atoms with Gasteiger partial charge in [-0.3, -0.25) is 4.79 Å². The highest BCUT2D eigenvalue weighted by molar-refractivity contribution is 9.10. The molecule has 1 aliphatic heterocycles. The summed E-state index contributed by atoms with van der Waals surface area (Å²) in [5.74, 6) is -0.202. The minimum absolute atomic E-state index is 0.105. The van der Waals surface area contributed by atoms with Gasteiger partial charge in [-0.05, 0) is 37.1 Å². The molecule has 5 heteroatoms. The molecule has 1 amide bonds. The second-order valence-corrected chi connectivity index (χ2v) is 5.62. The minimum atomic E-state index is -0.413. The lowest BCUT2D eigenvalue weighted by atomic mass is 9.94. The van der Waals surface area contributed by atoms with E-state index in [0.717, 1.165) is 19.5 Å². The van der Waals surface area contributed by atoms with Crippen LogP contribution in [0, 0.1) is 11.7 Å². The molecular formula is C13H16BrFN2O. The smallest absolute Gasteiger partial charge is 0.251 e. The number of amides is 1. The summed E-state index contributed by atoms with van der Waals surface area (Å²) in [6.07, 6.45) is 1.04. The minimum Gasteiger partial charge on any atom is -0.348 e. The zero-order valence-electron chi connectivity index (χ0n) is 10.2. The SMILES string of the molecule is CC1CCNCC1NC(=O)c1cc(F)cc(Br)c1. The standard InChI is InChI=1S/C13H16BrFN2O/c1-8-2-3-16-7-12(8)17-13(18)9-4-10(14)6-11(15)5-9/h4-6,8,12,16H,2-3,7H2,1H3,(H,17,18). The molecule has 0 saturated carbocycles. The maximum Gasteiger partial charge on any atom is 0.251 e. The molecule has 1 fully saturated rings. The summed E-state index contributed by atoms with van der Waals surface area (Å²) in [5.41, 5.74) is 0.347. The van der Waals surface area contributed by atoms with Crippen LogP contribution in [0.4, 0.5) is 4.39 Å². The van der Waals surface area contributed by atoms with Gasteiger partial charge in [-0.25, -0.2) is 4.39 Å².